The van der Waals surface area contributed by atoms with Gasteiger partial charge in [-0.05, 0) is 36.8 Å². The number of hydrogen-bond acceptors (Lipinski definition) is 8. The average Bonchev–Trinajstić information content (AvgIpc) is 3.29. The number of urea groups is 1. The summed E-state index contributed by atoms with van der Waals surface area (Å²) in [6.45, 7) is 1.52. The maximum Gasteiger partial charge on any atom is 0.338 e. The first-order valence-electron chi connectivity index (χ1n) is 11.1. The van der Waals surface area contributed by atoms with E-state index in [1.54, 1.807) is 44.4 Å². The van der Waals surface area contributed by atoms with Crippen LogP contribution in [0.3, 0.4) is 0 Å². The molecule has 1 atom stereocenters. The lowest BCUT2D eigenvalue weighted by Crippen LogP contribution is -2.47. The van der Waals surface area contributed by atoms with E-state index in [0.29, 0.717) is 28.3 Å². The minimum Gasteiger partial charge on any atom is -0.497 e. The molecule has 0 aliphatic carbocycles. The van der Waals surface area contributed by atoms with Gasteiger partial charge in [-0.3, -0.25) is 4.79 Å². The number of aryl methyl sites for hydroxylation is 1. The highest BCUT2D eigenvalue weighted by Crippen LogP contribution is 2.29. The van der Waals surface area contributed by atoms with Crippen molar-refractivity contribution in [2.75, 3.05) is 20.3 Å². The van der Waals surface area contributed by atoms with Gasteiger partial charge in [0.25, 0.3) is 0 Å². The maximum absolute atomic E-state index is 12.8. The van der Waals surface area contributed by atoms with Gasteiger partial charge in [-0.1, -0.05) is 24.3 Å². The van der Waals surface area contributed by atoms with Crippen molar-refractivity contribution in [3.8, 4) is 5.75 Å². The van der Waals surface area contributed by atoms with E-state index in [4.69, 9.17) is 18.6 Å². The van der Waals surface area contributed by atoms with Crippen molar-refractivity contribution < 1.29 is 33.0 Å². The molecule has 2 aromatic carbocycles. The molecule has 0 radical (unpaired) electrons. The molecule has 2 N–H and O–H groups in total. The molecule has 0 saturated carbocycles. The molecule has 1 aliphatic rings. The summed E-state index contributed by atoms with van der Waals surface area (Å²) in [5.74, 6) is -0.108. The van der Waals surface area contributed by atoms with E-state index in [1.807, 2.05) is 18.2 Å². The Balaban J connectivity index is 1.48. The highest BCUT2D eigenvalue weighted by molar-refractivity contribution is 5.95. The van der Waals surface area contributed by atoms with Crippen LogP contribution in [0.15, 0.2) is 64.2 Å². The number of methoxy groups -OCH3 is 1. The third-order valence-electron chi connectivity index (χ3n) is 5.36. The molecule has 1 aromatic heterocycles. The Labute approximate surface area is 201 Å². The van der Waals surface area contributed by atoms with Crippen LogP contribution in [0.5, 0.6) is 5.75 Å². The quantitative estimate of drug-likeness (QED) is 0.448. The summed E-state index contributed by atoms with van der Waals surface area (Å²) in [5, 5.41) is 5.30. The molecule has 1 unspecified atom stereocenters. The van der Waals surface area contributed by atoms with Crippen molar-refractivity contribution in [1.82, 2.24) is 15.6 Å². The van der Waals surface area contributed by atoms with Gasteiger partial charge in [-0.15, -0.1) is 0 Å². The fraction of sp³-hybridized carbons (Fsp3) is 0.280. The zero-order chi connectivity index (χ0) is 24.8. The van der Waals surface area contributed by atoms with E-state index in [-0.39, 0.29) is 37.3 Å². The van der Waals surface area contributed by atoms with Gasteiger partial charge in [0.1, 0.15) is 17.9 Å². The monoisotopic (exact) mass is 479 g/mol. The molecule has 1 aliphatic heterocycles. The average molecular weight is 479 g/mol. The van der Waals surface area contributed by atoms with Crippen molar-refractivity contribution in [3.05, 3.63) is 71.3 Å². The second-order valence-corrected chi connectivity index (χ2v) is 7.65. The van der Waals surface area contributed by atoms with Gasteiger partial charge >= 0.3 is 18.0 Å². The summed E-state index contributed by atoms with van der Waals surface area (Å²) < 4.78 is 21.4. The number of nitrogens with one attached hydrogen (secondary N) is 2. The van der Waals surface area contributed by atoms with Gasteiger partial charge in [-0.25, -0.2) is 14.6 Å². The molecule has 0 saturated heterocycles. The van der Waals surface area contributed by atoms with Crippen LogP contribution in [0, 0.1) is 0 Å². The van der Waals surface area contributed by atoms with Crippen LogP contribution in [0.2, 0.25) is 0 Å². The number of aromatic nitrogens is 1. The molecule has 2 amide bonds. The normalized spacial score (nSPS) is 15.4. The van der Waals surface area contributed by atoms with E-state index in [1.165, 1.54) is 0 Å². The van der Waals surface area contributed by atoms with Crippen LogP contribution in [0.1, 0.15) is 30.8 Å². The number of rotatable bonds is 9. The molecule has 35 heavy (non-hydrogen) atoms. The second-order valence-electron chi connectivity index (χ2n) is 7.65. The highest BCUT2D eigenvalue weighted by Gasteiger charge is 2.34. The minimum absolute atomic E-state index is 0.0168. The number of carbonyl (C=O) groups excluding carboxylic acids is 3. The van der Waals surface area contributed by atoms with Gasteiger partial charge in [0.05, 0.1) is 37.4 Å². The Hall–Kier alpha value is -4.34. The smallest absolute Gasteiger partial charge is 0.338 e. The molecule has 0 fully saturated rings. The zero-order valence-electron chi connectivity index (χ0n) is 19.3. The Morgan fingerprint density at radius 3 is 2.57 bits per heavy atom. The molecule has 0 bridgehead atoms. The summed E-state index contributed by atoms with van der Waals surface area (Å²) in [5.41, 5.74) is 2.30. The van der Waals surface area contributed by atoms with Crippen molar-refractivity contribution in [2.24, 2.45) is 0 Å². The predicted octanol–water partition coefficient (Wildman–Crippen LogP) is 3.18. The number of esters is 2. The first kappa shape index (κ1) is 23.8. The lowest BCUT2D eigenvalue weighted by atomic mass is 9.95. The number of nitrogens with zero attached hydrogens (tertiary/aromatic N) is 1. The molecule has 3 aromatic rings. The third kappa shape index (κ3) is 5.60. The number of ether oxygens (including phenoxy) is 3. The largest absolute Gasteiger partial charge is 0.497 e. The van der Waals surface area contributed by atoms with E-state index in [9.17, 15) is 14.4 Å². The van der Waals surface area contributed by atoms with Gasteiger partial charge in [0, 0.05) is 6.42 Å². The summed E-state index contributed by atoms with van der Waals surface area (Å²) in [7, 11) is 1.54. The predicted molar refractivity (Wildman–Crippen MR) is 124 cm³/mol. The number of fused-ring (bicyclic) bond motifs is 1. The fourth-order valence-electron chi connectivity index (χ4n) is 3.69. The Morgan fingerprint density at radius 2 is 1.86 bits per heavy atom. The molecular formula is C25H25N3O7. The van der Waals surface area contributed by atoms with Gasteiger partial charge in [0.15, 0.2) is 11.5 Å². The summed E-state index contributed by atoms with van der Waals surface area (Å²) in [6.07, 6.45) is 0.266. The SMILES string of the molecule is CCOC(=O)C1=C(COC(=O)CCc2nc3ccccc3o2)NC(=O)NC1c1ccc(OC)cc1. The van der Waals surface area contributed by atoms with Gasteiger partial charge in [0.2, 0.25) is 0 Å². The van der Waals surface area contributed by atoms with E-state index >= 15 is 0 Å². The summed E-state index contributed by atoms with van der Waals surface area (Å²) in [4.78, 5) is 41.9. The lowest BCUT2D eigenvalue weighted by Gasteiger charge is -2.29. The topological polar surface area (TPSA) is 129 Å². The van der Waals surface area contributed by atoms with Crippen LogP contribution in [0.4, 0.5) is 4.79 Å². The van der Waals surface area contributed by atoms with E-state index in [2.05, 4.69) is 15.6 Å². The van der Waals surface area contributed by atoms with Gasteiger partial charge in [-0.2, -0.15) is 0 Å². The van der Waals surface area contributed by atoms with E-state index < -0.39 is 24.0 Å². The number of oxazole rings is 1. The van der Waals surface area contributed by atoms with Crippen molar-refractivity contribution >= 4 is 29.1 Å². The van der Waals surface area contributed by atoms with Gasteiger partial charge < -0.3 is 29.3 Å². The first-order chi connectivity index (χ1) is 17.0. The molecule has 0 spiro atoms. The van der Waals surface area contributed by atoms with Crippen LogP contribution >= 0.6 is 0 Å². The number of benzene rings is 2. The fourth-order valence-corrected chi connectivity index (χ4v) is 3.69. The molecule has 2 heterocycles. The highest BCUT2D eigenvalue weighted by atomic mass is 16.5. The lowest BCUT2D eigenvalue weighted by molar-refractivity contribution is -0.143. The Kier molecular flexibility index (Phi) is 7.30. The van der Waals surface area contributed by atoms with E-state index in [0.717, 1.165) is 0 Å². The first-order valence-corrected chi connectivity index (χ1v) is 11.1. The van der Waals surface area contributed by atoms with Crippen LogP contribution in [0.25, 0.3) is 11.1 Å². The molecule has 4 rings (SSSR count). The zero-order valence-corrected chi connectivity index (χ0v) is 19.3. The molecule has 182 valence electrons. The minimum atomic E-state index is -0.790. The molecular weight excluding hydrogens is 454 g/mol. The standard InChI is InChI=1S/C25H25N3O7/c1-3-33-24(30)22-18(27-25(31)28-23(22)15-8-10-16(32-2)11-9-15)14-34-21(29)13-12-20-26-17-6-4-5-7-19(17)35-20/h4-11,23H,3,12-14H2,1-2H3,(H2,27,28,31). The Bertz CT molecular complexity index is 1230. The number of hydrogen-bond donors (Lipinski definition) is 2. The second kappa shape index (κ2) is 10.7. The van der Waals surface area contributed by atoms with Crippen LogP contribution in [-0.2, 0) is 25.5 Å². The summed E-state index contributed by atoms with van der Waals surface area (Å²) >= 11 is 0. The van der Waals surface area contributed by atoms with Crippen molar-refractivity contribution in [3.63, 3.8) is 0 Å². The Morgan fingerprint density at radius 1 is 1.09 bits per heavy atom. The number of carbonyl (C=O) groups is 3. The maximum atomic E-state index is 12.8. The van der Waals surface area contributed by atoms with Crippen LogP contribution in [-0.4, -0.2) is 43.3 Å². The van der Waals surface area contributed by atoms with Crippen molar-refractivity contribution in [2.45, 2.75) is 25.8 Å². The van der Waals surface area contributed by atoms with Crippen molar-refractivity contribution in [1.29, 1.82) is 0 Å². The molecule has 10 nitrogen and oxygen atoms in total. The third-order valence-corrected chi connectivity index (χ3v) is 5.36. The van der Waals surface area contributed by atoms with Crippen LogP contribution < -0.4 is 15.4 Å². The summed E-state index contributed by atoms with van der Waals surface area (Å²) in [6, 6.07) is 12.9. The number of amides is 2. The molecule has 10 heteroatoms. The number of para-hydroxylation sites is 2.